The highest BCUT2D eigenvalue weighted by Crippen LogP contribution is 2.33. The summed E-state index contributed by atoms with van der Waals surface area (Å²) in [7, 11) is 0. The van der Waals surface area contributed by atoms with Crippen LogP contribution in [0.5, 0.6) is 5.75 Å². The first-order valence-electron chi connectivity index (χ1n) is 8.84. The fraction of sp³-hybridized carbons (Fsp3) is 0.381. The van der Waals surface area contributed by atoms with Crippen molar-refractivity contribution in [2.75, 3.05) is 13.1 Å². The Balaban J connectivity index is 2.03. The largest absolute Gasteiger partial charge is 0.508 e. The van der Waals surface area contributed by atoms with Crippen molar-refractivity contribution >= 4 is 5.78 Å². The van der Waals surface area contributed by atoms with Crippen LogP contribution in [0.2, 0.25) is 0 Å². The molecule has 1 fully saturated rings. The Morgan fingerprint density at radius 1 is 1.16 bits per heavy atom. The molecule has 3 atom stereocenters. The molecule has 25 heavy (non-hydrogen) atoms. The van der Waals surface area contributed by atoms with Crippen molar-refractivity contribution in [2.24, 2.45) is 0 Å². The molecule has 2 aromatic carbocycles. The van der Waals surface area contributed by atoms with Gasteiger partial charge in [-0.15, -0.1) is 0 Å². The maximum Gasteiger partial charge on any atom is 0.159 e. The van der Waals surface area contributed by atoms with E-state index >= 15 is 0 Å². The average molecular weight is 338 g/mol. The van der Waals surface area contributed by atoms with E-state index in [0.29, 0.717) is 12.1 Å². The lowest BCUT2D eigenvalue weighted by Crippen LogP contribution is -2.55. The van der Waals surface area contributed by atoms with E-state index in [9.17, 15) is 9.90 Å². The number of carbonyl (C=O) groups excluding carboxylic acids is 1. The summed E-state index contributed by atoms with van der Waals surface area (Å²) in [5.74, 6) is 0.350. The topological polar surface area (TPSA) is 52.6 Å². The summed E-state index contributed by atoms with van der Waals surface area (Å²) in [6.07, 6.45) is 0. The van der Waals surface area contributed by atoms with Crippen molar-refractivity contribution in [2.45, 2.75) is 38.9 Å². The van der Waals surface area contributed by atoms with Crippen LogP contribution < -0.4 is 5.32 Å². The Hall–Kier alpha value is -2.17. The third-order valence-electron chi connectivity index (χ3n) is 4.96. The fourth-order valence-corrected chi connectivity index (χ4v) is 3.58. The highest BCUT2D eigenvalue weighted by atomic mass is 16.3. The molecule has 0 saturated carbocycles. The lowest BCUT2D eigenvalue weighted by molar-refractivity contribution is 0.101. The first kappa shape index (κ1) is 17.6. The number of rotatable bonds is 4. The van der Waals surface area contributed by atoms with Crippen LogP contribution in [0.4, 0.5) is 0 Å². The summed E-state index contributed by atoms with van der Waals surface area (Å²) in [6.45, 7) is 7.86. The van der Waals surface area contributed by atoms with E-state index in [1.54, 1.807) is 13.0 Å². The molecule has 4 nitrogen and oxygen atoms in total. The maximum atomic E-state index is 11.6. The van der Waals surface area contributed by atoms with Crippen molar-refractivity contribution in [3.8, 4) is 5.75 Å². The number of hydrogen-bond donors (Lipinski definition) is 2. The first-order chi connectivity index (χ1) is 12.0. The van der Waals surface area contributed by atoms with E-state index in [1.165, 1.54) is 0 Å². The number of carbonyl (C=O) groups is 1. The predicted octanol–water partition coefficient (Wildman–Crippen LogP) is 3.37. The minimum Gasteiger partial charge on any atom is -0.508 e. The third kappa shape index (κ3) is 3.91. The van der Waals surface area contributed by atoms with Crippen LogP contribution in [0.3, 0.4) is 0 Å². The van der Waals surface area contributed by atoms with E-state index < -0.39 is 0 Å². The number of nitrogens with zero attached hydrogens (tertiary/aromatic N) is 1. The molecule has 2 N–H and O–H groups in total. The normalized spacial score (nSPS) is 22.5. The number of Topliss-reactive ketones (excluding diaryl/α,β-unsaturated/α-hetero) is 1. The summed E-state index contributed by atoms with van der Waals surface area (Å²) in [6, 6.07) is 16.2. The zero-order valence-corrected chi connectivity index (χ0v) is 15.1. The van der Waals surface area contributed by atoms with Gasteiger partial charge in [-0.1, -0.05) is 36.4 Å². The van der Waals surface area contributed by atoms with Gasteiger partial charge in [0.2, 0.25) is 0 Å². The van der Waals surface area contributed by atoms with Gasteiger partial charge in [-0.25, -0.2) is 0 Å². The summed E-state index contributed by atoms with van der Waals surface area (Å²) in [4.78, 5) is 14.1. The van der Waals surface area contributed by atoms with Gasteiger partial charge in [-0.3, -0.25) is 9.69 Å². The minimum atomic E-state index is 0.0488. The standard InChI is InChI=1S/C21H26N2O2/c1-14-13-23(15(2)12-22-14)21(19-5-4-6-20(25)11-19)18-9-7-17(8-10-18)16(3)24/h4-11,14-15,21-22,25H,12-13H2,1-3H3/t14-,15+,21+/m1/s1. The van der Waals surface area contributed by atoms with Gasteiger partial charge in [0, 0.05) is 30.7 Å². The molecule has 132 valence electrons. The number of ketones is 1. The molecule has 0 spiro atoms. The average Bonchev–Trinajstić information content (AvgIpc) is 2.59. The monoisotopic (exact) mass is 338 g/mol. The maximum absolute atomic E-state index is 11.6. The fourth-order valence-electron chi connectivity index (χ4n) is 3.58. The van der Waals surface area contributed by atoms with Crippen LogP contribution in [0.15, 0.2) is 48.5 Å². The second kappa shape index (κ2) is 7.38. The van der Waals surface area contributed by atoms with Gasteiger partial charge in [-0.2, -0.15) is 0 Å². The highest BCUT2D eigenvalue weighted by molar-refractivity contribution is 5.94. The minimum absolute atomic E-state index is 0.0488. The lowest BCUT2D eigenvalue weighted by Gasteiger charge is -2.43. The molecular weight excluding hydrogens is 312 g/mol. The first-order valence-corrected chi connectivity index (χ1v) is 8.84. The predicted molar refractivity (Wildman–Crippen MR) is 100 cm³/mol. The summed E-state index contributed by atoms with van der Waals surface area (Å²) < 4.78 is 0. The van der Waals surface area contributed by atoms with Crippen LogP contribution in [-0.2, 0) is 0 Å². The van der Waals surface area contributed by atoms with Crippen molar-refractivity contribution in [1.29, 1.82) is 0 Å². The van der Waals surface area contributed by atoms with Crippen LogP contribution in [0, 0.1) is 0 Å². The molecule has 1 aliphatic heterocycles. The van der Waals surface area contributed by atoms with Gasteiger partial charge >= 0.3 is 0 Å². The molecule has 0 aromatic heterocycles. The Labute approximate surface area is 149 Å². The molecule has 0 bridgehead atoms. The van der Waals surface area contributed by atoms with Gasteiger partial charge in [0.25, 0.3) is 0 Å². The Bertz CT molecular complexity index is 742. The number of hydrogen-bond acceptors (Lipinski definition) is 4. The SMILES string of the molecule is CC(=O)c1ccc([C@@H](c2cccc(O)c2)N2C[C@@H](C)NC[C@@H]2C)cc1. The van der Waals surface area contributed by atoms with Crippen LogP contribution in [0.1, 0.15) is 48.3 Å². The number of nitrogens with one attached hydrogen (secondary N) is 1. The Morgan fingerprint density at radius 2 is 1.88 bits per heavy atom. The van der Waals surface area contributed by atoms with Gasteiger partial charge in [0.1, 0.15) is 5.75 Å². The molecule has 2 aromatic rings. The van der Waals surface area contributed by atoms with Crippen molar-refractivity contribution in [3.05, 3.63) is 65.2 Å². The van der Waals surface area contributed by atoms with Crippen LogP contribution >= 0.6 is 0 Å². The Morgan fingerprint density at radius 3 is 2.52 bits per heavy atom. The molecule has 4 heteroatoms. The zero-order chi connectivity index (χ0) is 18.0. The van der Waals surface area contributed by atoms with Gasteiger partial charge in [0.05, 0.1) is 6.04 Å². The molecule has 1 saturated heterocycles. The number of phenolic OH excluding ortho intramolecular Hbond substituents is 1. The van der Waals surface area contributed by atoms with E-state index in [4.69, 9.17) is 0 Å². The van der Waals surface area contributed by atoms with Crippen molar-refractivity contribution < 1.29 is 9.90 Å². The molecule has 1 aliphatic rings. The number of piperazine rings is 1. The van der Waals surface area contributed by atoms with Gasteiger partial charge < -0.3 is 10.4 Å². The molecule has 0 unspecified atom stereocenters. The number of phenols is 1. The quantitative estimate of drug-likeness (QED) is 0.839. The van der Waals surface area contributed by atoms with E-state index in [0.717, 1.165) is 29.8 Å². The molecular formula is C21H26N2O2. The van der Waals surface area contributed by atoms with E-state index in [2.05, 4.69) is 30.1 Å². The van der Waals surface area contributed by atoms with Crippen LogP contribution in [-0.4, -0.2) is 41.0 Å². The lowest BCUT2D eigenvalue weighted by atomic mass is 9.93. The zero-order valence-electron chi connectivity index (χ0n) is 15.1. The summed E-state index contributed by atoms with van der Waals surface area (Å²) in [5, 5.41) is 13.5. The Kier molecular flexibility index (Phi) is 5.21. The number of aromatic hydroxyl groups is 1. The van der Waals surface area contributed by atoms with Gasteiger partial charge in [0.15, 0.2) is 5.78 Å². The van der Waals surface area contributed by atoms with Crippen molar-refractivity contribution in [3.63, 3.8) is 0 Å². The molecule has 0 amide bonds. The molecule has 0 aliphatic carbocycles. The number of benzene rings is 2. The second-order valence-corrected chi connectivity index (χ2v) is 7.03. The molecule has 1 heterocycles. The molecule has 0 radical (unpaired) electrons. The van der Waals surface area contributed by atoms with Crippen LogP contribution in [0.25, 0.3) is 0 Å². The summed E-state index contributed by atoms with van der Waals surface area (Å²) in [5.41, 5.74) is 2.92. The summed E-state index contributed by atoms with van der Waals surface area (Å²) >= 11 is 0. The van der Waals surface area contributed by atoms with Crippen molar-refractivity contribution in [1.82, 2.24) is 10.2 Å². The third-order valence-corrected chi connectivity index (χ3v) is 4.96. The molecule has 3 rings (SSSR count). The highest BCUT2D eigenvalue weighted by Gasteiger charge is 2.31. The smallest absolute Gasteiger partial charge is 0.159 e. The van der Waals surface area contributed by atoms with E-state index in [-0.39, 0.29) is 17.6 Å². The van der Waals surface area contributed by atoms with E-state index in [1.807, 2.05) is 36.4 Å². The second-order valence-electron chi connectivity index (χ2n) is 7.03. The van der Waals surface area contributed by atoms with Gasteiger partial charge in [-0.05, 0) is 44.0 Å².